The lowest BCUT2D eigenvalue weighted by Gasteiger charge is -2.43. The molecule has 34 heavy (non-hydrogen) atoms. The number of aromatic amines is 1. The highest BCUT2D eigenvalue weighted by Gasteiger charge is 2.69. The Morgan fingerprint density at radius 1 is 1.21 bits per heavy atom. The number of nitrogens with zero attached hydrogens (tertiary/aromatic N) is 1. The molecule has 0 unspecified atom stereocenters. The second-order valence-corrected chi connectivity index (χ2v) is 11.5. The van der Waals surface area contributed by atoms with E-state index in [9.17, 15) is 29.4 Å². The number of phenolic OH excluding ortho intramolecular Hbond substituents is 1. The normalized spacial score (nSPS) is 33.1. The number of amides is 2. The van der Waals surface area contributed by atoms with Gasteiger partial charge in [0.15, 0.2) is 11.5 Å². The van der Waals surface area contributed by atoms with Crippen LogP contribution in [0, 0.1) is 29.6 Å². The zero-order valence-electron chi connectivity index (χ0n) is 18.1. The van der Waals surface area contributed by atoms with Crippen molar-refractivity contribution in [1.29, 1.82) is 0 Å². The molecule has 11 heteroatoms. The Morgan fingerprint density at radius 3 is 2.65 bits per heavy atom. The van der Waals surface area contributed by atoms with Crippen LogP contribution in [-0.4, -0.2) is 56.3 Å². The second kappa shape index (κ2) is 7.61. The van der Waals surface area contributed by atoms with E-state index in [0.717, 1.165) is 38.1 Å². The van der Waals surface area contributed by atoms with E-state index in [2.05, 4.69) is 4.98 Å². The van der Waals surface area contributed by atoms with Crippen molar-refractivity contribution < 1.29 is 29.3 Å². The Balaban J connectivity index is 1.45. The third kappa shape index (κ3) is 2.92. The number of ether oxygens (including phenoxy) is 1. The van der Waals surface area contributed by atoms with Crippen LogP contribution in [0.1, 0.15) is 29.7 Å². The lowest BCUT2D eigenvalue weighted by molar-refractivity contribution is -0.149. The van der Waals surface area contributed by atoms with Crippen molar-refractivity contribution in [2.45, 2.75) is 29.5 Å². The van der Waals surface area contributed by atoms with Gasteiger partial charge < -0.3 is 19.9 Å². The molecule has 9 nitrogen and oxygen atoms in total. The molecule has 6 rings (SSSR count). The topological polar surface area (TPSA) is 137 Å². The number of aromatic nitrogens is 1. The second-order valence-electron chi connectivity index (χ2n) is 9.28. The van der Waals surface area contributed by atoms with Gasteiger partial charge in [0.25, 0.3) is 0 Å². The number of carboxylic acids is 1. The standard InChI is InChI=1S/C23H22N2O7S2/c1-2-32-12-5-8(3-4-11(12)26)14-15-9-6-10(18(15)33-20-19(14)34-23(31)24-20)17-16(9)21(29)25(22(17)30)7-13(27)28/h3-5,9-10,14-18,26H,2,6-7H2,1H3,(H,24,31)(H,27,28)/t9-,10-,14-,15+,16-,17-,18-/m1/s1. The van der Waals surface area contributed by atoms with E-state index in [0.29, 0.717) is 12.4 Å². The van der Waals surface area contributed by atoms with E-state index in [1.54, 1.807) is 23.9 Å². The summed E-state index contributed by atoms with van der Waals surface area (Å²) in [5.41, 5.74) is 0.885. The van der Waals surface area contributed by atoms with Crippen molar-refractivity contribution in [2.75, 3.05) is 13.2 Å². The van der Waals surface area contributed by atoms with Gasteiger partial charge in [0.2, 0.25) is 11.8 Å². The number of carbonyl (C=O) groups excluding carboxylic acids is 2. The monoisotopic (exact) mass is 502 g/mol. The number of hydrogen-bond donors (Lipinski definition) is 3. The lowest BCUT2D eigenvalue weighted by Crippen LogP contribution is -2.42. The first kappa shape index (κ1) is 21.7. The average Bonchev–Trinajstić information content (AvgIpc) is 3.51. The number of aromatic hydroxyl groups is 1. The van der Waals surface area contributed by atoms with Crippen molar-refractivity contribution in [3.63, 3.8) is 0 Å². The first-order valence-electron chi connectivity index (χ1n) is 11.2. The predicted molar refractivity (Wildman–Crippen MR) is 122 cm³/mol. The fraction of sp³-hybridized carbons (Fsp3) is 0.478. The molecule has 3 N–H and O–H groups in total. The minimum Gasteiger partial charge on any atom is -0.504 e. The number of nitrogens with one attached hydrogen (secondary N) is 1. The molecule has 2 aliphatic carbocycles. The van der Waals surface area contributed by atoms with Crippen LogP contribution in [0.25, 0.3) is 0 Å². The lowest BCUT2D eigenvalue weighted by atomic mass is 9.68. The van der Waals surface area contributed by atoms with Crippen LogP contribution in [0.3, 0.4) is 0 Å². The van der Waals surface area contributed by atoms with E-state index in [4.69, 9.17) is 4.74 Å². The van der Waals surface area contributed by atoms with Crippen molar-refractivity contribution in [2.24, 2.45) is 29.6 Å². The summed E-state index contributed by atoms with van der Waals surface area (Å²) in [6.07, 6.45) is 0.724. The Hall–Kier alpha value is -2.79. The highest BCUT2D eigenvalue weighted by Crippen LogP contribution is 2.68. The number of aliphatic carboxylic acids is 1. The third-order valence-corrected chi connectivity index (χ3v) is 10.3. The Kier molecular flexibility index (Phi) is 4.86. The van der Waals surface area contributed by atoms with E-state index in [1.807, 2.05) is 13.0 Å². The van der Waals surface area contributed by atoms with Gasteiger partial charge in [-0.2, -0.15) is 0 Å². The number of hydrogen-bond acceptors (Lipinski definition) is 8. The minimum atomic E-state index is -1.20. The molecule has 0 radical (unpaired) electrons. The maximum atomic E-state index is 13.2. The highest BCUT2D eigenvalue weighted by molar-refractivity contribution is 8.00. The number of rotatable bonds is 5. The van der Waals surface area contributed by atoms with Crippen LogP contribution in [0.5, 0.6) is 11.5 Å². The molecule has 2 aromatic rings. The summed E-state index contributed by atoms with van der Waals surface area (Å²) in [6.45, 7) is 1.61. The first-order chi connectivity index (χ1) is 16.3. The SMILES string of the molecule is CCOc1cc([C@H]2c3sc(=O)[nH]c3S[C@@H]3[C@@H]4C[C@@H]([C@H]5C(=O)N(CC(=O)O)C(=O)[C@H]45)[C@@H]23)ccc1O. The summed E-state index contributed by atoms with van der Waals surface area (Å²) in [7, 11) is 0. The molecule has 178 valence electrons. The largest absolute Gasteiger partial charge is 0.504 e. The number of carboxylic acid groups (broad SMARTS) is 1. The number of fused-ring (bicyclic) bond motifs is 9. The number of imide groups is 1. The summed E-state index contributed by atoms with van der Waals surface area (Å²) < 4.78 is 5.60. The number of thioether (sulfide) groups is 1. The number of H-pyrrole nitrogens is 1. The summed E-state index contributed by atoms with van der Waals surface area (Å²) in [5.74, 6) is -2.97. The van der Waals surface area contributed by atoms with E-state index in [-0.39, 0.29) is 51.4 Å². The molecule has 3 fully saturated rings. The van der Waals surface area contributed by atoms with Gasteiger partial charge in [0, 0.05) is 16.0 Å². The molecular formula is C23H22N2O7S2. The number of likely N-dealkylation sites (tertiary alicyclic amines) is 1. The minimum absolute atomic E-state index is 0.00394. The molecular weight excluding hydrogens is 480 g/mol. The summed E-state index contributed by atoms with van der Waals surface area (Å²) in [5, 5.41) is 20.2. The van der Waals surface area contributed by atoms with E-state index in [1.165, 1.54) is 0 Å². The summed E-state index contributed by atoms with van der Waals surface area (Å²) in [4.78, 5) is 54.5. The van der Waals surface area contributed by atoms with Crippen LogP contribution < -0.4 is 9.61 Å². The number of phenols is 1. The van der Waals surface area contributed by atoms with Crippen LogP contribution >= 0.6 is 23.1 Å². The van der Waals surface area contributed by atoms with Gasteiger partial charge in [0.05, 0.1) is 23.5 Å². The predicted octanol–water partition coefficient (Wildman–Crippen LogP) is 2.10. The maximum absolute atomic E-state index is 13.2. The van der Waals surface area contributed by atoms with Gasteiger partial charge in [-0.05, 0) is 48.8 Å². The molecule has 2 bridgehead atoms. The van der Waals surface area contributed by atoms with E-state index < -0.39 is 24.3 Å². The molecule has 2 saturated carbocycles. The molecule has 1 aromatic heterocycles. The molecule has 3 heterocycles. The smallest absolute Gasteiger partial charge is 0.323 e. The fourth-order valence-electron chi connectivity index (χ4n) is 6.74. The van der Waals surface area contributed by atoms with Crippen LogP contribution in [0.4, 0.5) is 0 Å². The molecule has 4 aliphatic rings. The zero-order valence-corrected chi connectivity index (χ0v) is 19.7. The van der Waals surface area contributed by atoms with Crippen molar-refractivity contribution in [3.8, 4) is 11.5 Å². The molecule has 1 aromatic carbocycles. The van der Waals surface area contributed by atoms with Gasteiger partial charge in [-0.3, -0.25) is 24.1 Å². The van der Waals surface area contributed by atoms with Gasteiger partial charge in [-0.1, -0.05) is 17.4 Å². The molecule has 1 saturated heterocycles. The van der Waals surface area contributed by atoms with Crippen LogP contribution in [-0.2, 0) is 14.4 Å². The summed E-state index contributed by atoms with van der Waals surface area (Å²) >= 11 is 2.72. The fourth-order valence-corrected chi connectivity index (χ4v) is 9.63. The Labute approximate surface area is 202 Å². The average molecular weight is 503 g/mol. The zero-order chi connectivity index (χ0) is 23.9. The van der Waals surface area contributed by atoms with Gasteiger partial charge in [0.1, 0.15) is 6.54 Å². The first-order valence-corrected chi connectivity index (χ1v) is 12.9. The van der Waals surface area contributed by atoms with Crippen LogP contribution in [0.2, 0.25) is 0 Å². The number of carbonyl (C=O) groups is 3. The quantitative estimate of drug-likeness (QED) is 0.529. The third-order valence-electron chi connectivity index (χ3n) is 7.75. The summed E-state index contributed by atoms with van der Waals surface area (Å²) in [6, 6.07) is 5.21. The van der Waals surface area contributed by atoms with Gasteiger partial charge in [-0.15, -0.1) is 11.8 Å². The molecule has 2 amide bonds. The van der Waals surface area contributed by atoms with E-state index >= 15 is 0 Å². The van der Waals surface area contributed by atoms with Crippen molar-refractivity contribution in [3.05, 3.63) is 38.3 Å². The maximum Gasteiger partial charge on any atom is 0.323 e. The molecule has 7 atom stereocenters. The number of benzene rings is 1. The molecule has 2 aliphatic heterocycles. The van der Waals surface area contributed by atoms with Gasteiger partial charge >= 0.3 is 10.8 Å². The van der Waals surface area contributed by atoms with Gasteiger partial charge in [-0.25, -0.2) is 0 Å². The van der Waals surface area contributed by atoms with Crippen molar-refractivity contribution in [1.82, 2.24) is 9.88 Å². The van der Waals surface area contributed by atoms with Crippen LogP contribution in [0.15, 0.2) is 28.0 Å². The Bertz CT molecular complexity index is 1290. The van der Waals surface area contributed by atoms with Crippen molar-refractivity contribution >= 4 is 40.9 Å². The Morgan fingerprint density at radius 2 is 1.94 bits per heavy atom. The highest BCUT2D eigenvalue weighted by atomic mass is 32.2. The number of thiazole rings is 1. The molecule has 0 spiro atoms.